The van der Waals surface area contributed by atoms with E-state index in [1.807, 2.05) is 0 Å². The first kappa shape index (κ1) is 27.0. The highest BCUT2D eigenvalue weighted by Gasteiger charge is 2.41. The Labute approximate surface area is 212 Å². The molecule has 0 N–H and O–H groups in total. The Kier molecular flexibility index (Phi) is 7.13. The van der Waals surface area contributed by atoms with E-state index in [1.165, 1.54) is 24.4 Å². The lowest BCUT2D eigenvalue weighted by Crippen LogP contribution is -2.28. The van der Waals surface area contributed by atoms with Crippen LogP contribution in [0.2, 0.25) is 0 Å². The molecule has 0 fully saturated rings. The number of allylic oxidation sites excluding steroid dienone is 2. The summed E-state index contributed by atoms with van der Waals surface area (Å²) in [6.45, 7) is 0. The zero-order chi connectivity index (χ0) is 27.8. The number of hydrogen-bond donors (Lipinski definition) is 0. The SMILES string of the molecule is COC(=O)C1=C(C(=O)OC)N(c2cc(C(F)(F)F)ccc2-n2nc(C(F)(F)F)c3c2CCCC3)C=CC=C1. The molecule has 4 rings (SSSR count). The van der Waals surface area contributed by atoms with Crippen LogP contribution in [0.4, 0.5) is 32.0 Å². The highest BCUT2D eigenvalue weighted by atomic mass is 19.4. The van der Waals surface area contributed by atoms with E-state index in [0.29, 0.717) is 25.0 Å². The predicted octanol–water partition coefficient (Wildman–Crippen LogP) is 5.28. The van der Waals surface area contributed by atoms with E-state index in [-0.39, 0.29) is 41.0 Å². The van der Waals surface area contributed by atoms with Crippen LogP contribution < -0.4 is 4.90 Å². The van der Waals surface area contributed by atoms with E-state index in [1.54, 1.807) is 0 Å². The van der Waals surface area contributed by atoms with E-state index in [4.69, 9.17) is 9.47 Å². The fraction of sp³-hybridized carbons (Fsp3) is 0.320. The topological polar surface area (TPSA) is 73.7 Å². The van der Waals surface area contributed by atoms with Crippen LogP contribution in [-0.2, 0) is 44.3 Å². The molecule has 0 bridgehead atoms. The lowest BCUT2D eigenvalue weighted by molar-refractivity contribution is -0.142. The Morgan fingerprint density at radius 3 is 2.21 bits per heavy atom. The molecule has 1 aliphatic carbocycles. The molecule has 2 aliphatic rings. The zero-order valence-corrected chi connectivity index (χ0v) is 20.1. The van der Waals surface area contributed by atoms with Crippen molar-refractivity contribution in [1.29, 1.82) is 0 Å². The van der Waals surface area contributed by atoms with E-state index in [2.05, 4.69) is 5.10 Å². The smallest absolute Gasteiger partial charge is 0.435 e. The van der Waals surface area contributed by atoms with Crippen LogP contribution in [0.25, 0.3) is 5.69 Å². The van der Waals surface area contributed by atoms with Gasteiger partial charge in [0.1, 0.15) is 5.70 Å². The quantitative estimate of drug-likeness (QED) is 0.388. The Balaban J connectivity index is 2.06. The number of aromatic nitrogens is 2. The lowest BCUT2D eigenvalue weighted by Gasteiger charge is -2.27. The number of carbonyl (C=O) groups is 2. The molecule has 1 aromatic carbocycles. The van der Waals surface area contributed by atoms with Gasteiger partial charge in [-0.25, -0.2) is 14.3 Å². The third kappa shape index (κ3) is 4.92. The number of halogens is 6. The summed E-state index contributed by atoms with van der Waals surface area (Å²) in [4.78, 5) is 26.3. The number of fused-ring (bicyclic) bond motifs is 1. The first-order chi connectivity index (χ1) is 17.9. The minimum Gasteiger partial charge on any atom is -0.465 e. The molecular weight excluding hydrogens is 520 g/mol. The van der Waals surface area contributed by atoms with Crippen molar-refractivity contribution in [1.82, 2.24) is 9.78 Å². The lowest BCUT2D eigenvalue weighted by atomic mass is 9.95. The summed E-state index contributed by atoms with van der Waals surface area (Å²) in [6.07, 6.45) is -3.17. The van der Waals surface area contributed by atoms with Gasteiger partial charge in [-0.05, 0) is 56.0 Å². The van der Waals surface area contributed by atoms with Crippen LogP contribution in [0.3, 0.4) is 0 Å². The summed E-state index contributed by atoms with van der Waals surface area (Å²) in [7, 11) is 2.05. The maximum Gasteiger partial charge on any atom is 0.435 e. The van der Waals surface area contributed by atoms with Crippen LogP contribution in [0.15, 0.2) is 53.9 Å². The summed E-state index contributed by atoms with van der Waals surface area (Å²) in [5, 5.41) is 3.78. The maximum atomic E-state index is 13.9. The molecule has 0 atom stereocenters. The van der Waals surface area contributed by atoms with Gasteiger partial charge < -0.3 is 14.4 Å². The van der Waals surface area contributed by atoms with Crippen LogP contribution in [0.5, 0.6) is 0 Å². The molecular formula is C25H21F6N3O4. The van der Waals surface area contributed by atoms with E-state index in [0.717, 1.165) is 29.9 Å². The molecule has 0 radical (unpaired) electrons. The molecule has 13 heteroatoms. The van der Waals surface area contributed by atoms with Crippen molar-refractivity contribution in [3.8, 4) is 5.69 Å². The minimum atomic E-state index is -4.83. The number of esters is 2. The third-order valence-electron chi connectivity index (χ3n) is 6.13. The van der Waals surface area contributed by atoms with E-state index < -0.39 is 41.2 Å². The van der Waals surface area contributed by atoms with Crippen molar-refractivity contribution < 1.29 is 45.4 Å². The van der Waals surface area contributed by atoms with Crippen LogP contribution in [-0.4, -0.2) is 35.9 Å². The van der Waals surface area contributed by atoms with Crippen molar-refractivity contribution in [2.75, 3.05) is 19.1 Å². The Hall–Kier alpha value is -4.03. The largest absolute Gasteiger partial charge is 0.465 e. The highest BCUT2D eigenvalue weighted by molar-refractivity contribution is 6.05. The normalized spacial score (nSPS) is 15.8. The second kappa shape index (κ2) is 10.0. The fourth-order valence-electron chi connectivity index (χ4n) is 4.45. The maximum absolute atomic E-state index is 13.9. The van der Waals surface area contributed by atoms with Gasteiger partial charge in [-0.1, -0.05) is 6.08 Å². The van der Waals surface area contributed by atoms with Crippen molar-refractivity contribution in [3.05, 3.63) is 76.4 Å². The predicted molar refractivity (Wildman–Crippen MR) is 122 cm³/mol. The summed E-state index contributed by atoms with van der Waals surface area (Å²) >= 11 is 0. The number of nitrogens with zero attached hydrogens (tertiary/aromatic N) is 3. The molecule has 7 nitrogen and oxygen atoms in total. The van der Waals surface area contributed by atoms with Crippen LogP contribution in [0, 0.1) is 0 Å². The summed E-state index contributed by atoms with van der Waals surface area (Å²) in [5.41, 5.74) is -3.43. The fourth-order valence-corrected chi connectivity index (χ4v) is 4.45. The molecule has 0 amide bonds. The van der Waals surface area contributed by atoms with Gasteiger partial charge in [-0.2, -0.15) is 31.4 Å². The van der Waals surface area contributed by atoms with Gasteiger partial charge in [0.05, 0.1) is 36.7 Å². The molecule has 38 heavy (non-hydrogen) atoms. The van der Waals surface area contributed by atoms with Crippen LogP contribution >= 0.6 is 0 Å². The average Bonchev–Trinajstić information content (AvgIpc) is 3.13. The molecule has 0 spiro atoms. The first-order valence-corrected chi connectivity index (χ1v) is 11.3. The number of ether oxygens (including phenoxy) is 2. The Morgan fingerprint density at radius 2 is 1.58 bits per heavy atom. The van der Waals surface area contributed by atoms with Gasteiger partial charge in [-0.15, -0.1) is 0 Å². The van der Waals surface area contributed by atoms with E-state index >= 15 is 0 Å². The second-order valence-electron chi connectivity index (χ2n) is 8.41. The zero-order valence-electron chi connectivity index (χ0n) is 20.1. The first-order valence-electron chi connectivity index (χ1n) is 11.3. The van der Waals surface area contributed by atoms with Crippen LogP contribution in [0.1, 0.15) is 35.4 Å². The summed E-state index contributed by atoms with van der Waals surface area (Å²) in [6, 6.07) is 2.37. The third-order valence-corrected chi connectivity index (χ3v) is 6.13. The molecule has 1 aliphatic heterocycles. The van der Waals surface area contributed by atoms with Gasteiger partial charge >= 0.3 is 24.3 Å². The standard InChI is InChI=1S/C25H21F6N3O4/c1-37-22(35)16-8-5-6-12-33(20(16)23(36)38-2)19-13-14(24(26,27)28)10-11-18(19)34-17-9-4-3-7-15(17)21(32-34)25(29,30)31/h5-6,8,10-13H,3-4,7,9H2,1-2H3. The molecule has 202 valence electrons. The molecule has 1 aromatic heterocycles. The summed E-state index contributed by atoms with van der Waals surface area (Å²) in [5.74, 6) is -2.08. The molecule has 0 saturated carbocycles. The molecule has 2 aromatic rings. The van der Waals surface area contributed by atoms with Crippen molar-refractivity contribution in [3.63, 3.8) is 0 Å². The number of anilines is 1. The summed E-state index contributed by atoms with van der Waals surface area (Å²) < 4.78 is 93.3. The number of methoxy groups -OCH3 is 2. The number of carbonyl (C=O) groups excluding carboxylic acids is 2. The average molecular weight is 541 g/mol. The Morgan fingerprint density at radius 1 is 0.895 bits per heavy atom. The number of rotatable bonds is 4. The van der Waals surface area contributed by atoms with E-state index in [9.17, 15) is 35.9 Å². The number of benzene rings is 1. The molecule has 2 heterocycles. The monoisotopic (exact) mass is 541 g/mol. The second-order valence-corrected chi connectivity index (χ2v) is 8.41. The van der Waals surface area contributed by atoms with Crippen molar-refractivity contribution >= 4 is 17.6 Å². The molecule has 0 unspecified atom stereocenters. The van der Waals surface area contributed by atoms with Gasteiger partial charge in [0.25, 0.3) is 0 Å². The van der Waals surface area contributed by atoms with Gasteiger partial charge in [-0.3, -0.25) is 0 Å². The highest BCUT2D eigenvalue weighted by Crippen LogP contribution is 2.41. The Bertz CT molecular complexity index is 1370. The minimum absolute atomic E-state index is 0.0262. The van der Waals surface area contributed by atoms with Gasteiger partial charge in [0, 0.05) is 17.5 Å². The van der Waals surface area contributed by atoms with Gasteiger partial charge in [0.2, 0.25) is 0 Å². The number of hydrogen-bond acceptors (Lipinski definition) is 6. The van der Waals surface area contributed by atoms with Crippen molar-refractivity contribution in [2.45, 2.75) is 38.0 Å². The number of alkyl halides is 6. The van der Waals surface area contributed by atoms with Crippen molar-refractivity contribution in [2.24, 2.45) is 0 Å². The van der Waals surface area contributed by atoms with Gasteiger partial charge in [0.15, 0.2) is 5.69 Å². The molecule has 0 saturated heterocycles.